The summed E-state index contributed by atoms with van der Waals surface area (Å²) in [6.45, 7) is 9.29. The molecule has 1 saturated heterocycles. The van der Waals surface area contributed by atoms with Gasteiger partial charge in [0, 0.05) is 60.4 Å². The van der Waals surface area contributed by atoms with Gasteiger partial charge in [0.15, 0.2) is 0 Å². The Hall–Kier alpha value is -6.94. The molecule has 3 amide bonds. The van der Waals surface area contributed by atoms with Crippen LogP contribution in [-0.2, 0) is 30.3 Å². The minimum absolute atomic E-state index is 0.0460. The van der Waals surface area contributed by atoms with Gasteiger partial charge in [-0.25, -0.2) is 19.2 Å². The van der Waals surface area contributed by atoms with Crippen molar-refractivity contribution >= 4 is 47.7 Å². The summed E-state index contributed by atoms with van der Waals surface area (Å²) in [7, 11) is 4.37. The fourth-order valence-electron chi connectivity index (χ4n) is 7.55. The molecule has 6 rings (SSSR count). The summed E-state index contributed by atoms with van der Waals surface area (Å²) in [6, 6.07) is 23.0. The third-order valence-corrected chi connectivity index (χ3v) is 10.9. The fraction of sp³-hybridized carbons (Fsp3) is 0.354. The van der Waals surface area contributed by atoms with E-state index in [0.29, 0.717) is 48.6 Å². The highest BCUT2D eigenvalue weighted by atomic mass is 19.1. The molecule has 64 heavy (non-hydrogen) atoms. The molecule has 338 valence electrons. The molecule has 0 bridgehead atoms. The van der Waals surface area contributed by atoms with Gasteiger partial charge < -0.3 is 40.6 Å². The molecule has 15 nitrogen and oxygen atoms in total. The number of fused-ring (bicyclic) bond motifs is 1. The highest BCUT2D eigenvalue weighted by molar-refractivity contribution is 5.87. The van der Waals surface area contributed by atoms with Crippen LogP contribution in [0.4, 0.5) is 9.18 Å². The van der Waals surface area contributed by atoms with Crippen molar-refractivity contribution in [3.05, 3.63) is 114 Å². The van der Waals surface area contributed by atoms with Crippen molar-refractivity contribution in [3.8, 4) is 22.5 Å². The van der Waals surface area contributed by atoms with Gasteiger partial charge in [0.2, 0.25) is 11.8 Å². The number of imidazole rings is 1. The van der Waals surface area contributed by atoms with Gasteiger partial charge in [-0.1, -0.05) is 62.4 Å². The molecule has 3 aromatic carbocycles. The number of hydrogen-bond acceptors (Lipinski definition) is 11. The number of rotatable bonds is 19. The molecule has 0 spiro atoms. The molecular weight excluding hydrogens is 818 g/mol. The smallest absolute Gasteiger partial charge is 0.407 e. The second-order valence-corrected chi connectivity index (χ2v) is 15.5. The van der Waals surface area contributed by atoms with Crippen molar-refractivity contribution in [1.29, 1.82) is 0 Å². The van der Waals surface area contributed by atoms with Gasteiger partial charge in [0.1, 0.15) is 23.7 Å². The Morgan fingerprint density at radius 2 is 1.81 bits per heavy atom. The Morgan fingerprint density at radius 1 is 1.03 bits per heavy atom. The van der Waals surface area contributed by atoms with Crippen molar-refractivity contribution in [3.63, 3.8) is 0 Å². The average molecular weight is 876 g/mol. The summed E-state index contributed by atoms with van der Waals surface area (Å²) in [5, 5.41) is 13.1. The first-order valence-electron chi connectivity index (χ1n) is 21.3. The highest BCUT2D eigenvalue weighted by Crippen LogP contribution is 2.29. The van der Waals surface area contributed by atoms with Crippen LogP contribution < -0.4 is 21.3 Å². The third kappa shape index (κ3) is 12.8. The fourth-order valence-corrected chi connectivity index (χ4v) is 7.55. The van der Waals surface area contributed by atoms with Crippen LogP contribution in [0.15, 0.2) is 96.3 Å². The molecule has 0 aliphatic carbocycles. The van der Waals surface area contributed by atoms with Gasteiger partial charge in [-0.2, -0.15) is 0 Å². The van der Waals surface area contributed by atoms with E-state index in [4.69, 9.17) is 14.5 Å². The van der Waals surface area contributed by atoms with E-state index in [2.05, 4.69) is 47.7 Å². The van der Waals surface area contributed by atoms with Crippen LogP contribution in [0.25, 0.3) is 39.1 Å². The maximum absolute atomic E-state index is 15.8. The number of pyridine rings is 1. The Kier molecular flexibility index (Phi) is 18.1. The number of likely N-dealkylation sites (tertiary alicyclic amines) is 1. The van der Waals surface area contributed by atoms with E-state index in [9.17, 15) is 14.4 Å². The minimum atomic E-state index is -0.715. The molecule has 3 atom stereocenters. The number of H-pyrrole nitrogens is 1. The number of halogens is 1. The number of benzene rings is 3. The molecule has 5 aromatic rings. The molecule has 0 radical (unpaired) electrons. The molecule has 1 aliphatic heterocycles. The summed E-state index contributed by atoms with van der Waals surface area (Å²) in [4.78, 5) is 65.6. The molecule has 1 fully saturated rings. The van der Waals surface area contributed by atoms with Crippen molar-refractivity contribution in [2.24, 2.45) is 10.9 Å². The molecule has 5 N–H and O–H groups in total. The number of methoxy groups -OCH3 is 2. The zero-order valence-electron chi connectivity index (χ0n) is 37.0. The van der Waals surface area contributed by atoms with Crippen LogP contribution in [0.2, 0.25) is 0 Å². The monoisotopic (exact) mass is 875 g/mol. The second kappa shape index (κ2) is 24.1. The number of aliphatic imine (C=N–C) groups is 1. The standard InChI is InChI=1S/C46H54FN9O4.C2H4O2/c1-29(2)42(55-46(59)60-5)45(58)56-23-11-14-34(56)26-51-39(27-48-3)33-16-19-35(36(47)25-33)38-21-18-31-24-32(17-20-37(31)53-38)40-28-52-41(54-40)15-9-10-22-50-44(57)43(49-4)30-12-7-6-8-13-30;1-4-2-3/h6-8,12-13,16-21,24-25,27-29,34,42-43,49,51H,3,9-11,14-15,22-23,26H2,1-2,4-5H3,(H,50,57)(H,52,54)(H,55,59);2H,1H3/b39-27-;. The number of aromatic nitrogens is 3. The topological polar surface area (TPSA) is 192 Å². The van der Waals surface area contributed by atoms with Crippen LogP contribution in [0.3, 0.4) is 0 Å². The first kappa shape index (κ1) is 48.1. The van der Waals surface area contributed by atoms with E-state index >= 15 is 4.39 Å². The molecule has 1 aliphatic rings. The Labute approximate surface area is 373 Å². The number of nitrogens with zero attached hydrogens (tertiary/aromatic N) is 4. The molecule has 3 unspecified atom stereocenters. The van der Waals surface area contributed by atoms with Crippen LogP contribution >= 0.6 is 0 Å². The SMILES string of the molecule is C=N/C=C(\NCC1CCCN1C(=O)C(NC(=O)OC)C(C)C)c1ccc(-c2ccc3cc(-c4cnc(CCCCNC(=O)C(NC)c5ccccc5)[nH]4)ccc3n2)c(F)c1.COC=O. The lowest BCUT2D eigenvalue weighted by molar-refractivity contribution is -0.135. The number of aromatic amines is 1. The third-order valence-electron chi connectivity index (χ3n) is 10.9. The molecular formula is C48H58FN9O6. The second-order valence-electron chi connectivity index (χ2n) is 15.5. The van der Waals surface area contributed by atoms with E-state index in [0.717, 1.165) is 65.7 Å². The quantitative estimate of drug-likeness (QED) is 0.0344. The number of aryl methyl sites for hydroxylation is 1. The van der Waals surface area contributed by atoms with E-state index in [1.165, 1.54) is 26.5 Å². The number of hydrogen-bond donors (Lipinski definition) is 5. The first-order valence-corrected chi connectivity index (χ1v) is 21.3. The lowest BCUT2D eigenvalue weighted by Crippen LogP contribution is -2.53. The van der Waals surface area contributed by atoms with Crippen LogP contribution in [0.5, 0.6) is 0 Å². The Morgan fingerprint density at radius 3 is 2.50 bits per heavy atom. The zero-order valence-corrected chi connectivity index (χ0v) is 37.0. The maximum atomic E-state index is 15.8. The summed E-state index contributed by atoms with van der Waals surface area (Å²) in [6.07, 6.45) is 6.75. The number of carbonyl (C=O) groups excluding carboxylic acids is 4. The van der Waals surface area contributed by atoms with Gasteiger partial charge in [-0.15, -0.1) is 0 Å². The lowest BCUT2D eigenvalue weighted by Gasteiger charge is -2.31. The first-order chi connectivity index (χ1) is 31.0. The van der Waals surface area contributed by atoms with Crippen molar-refractivity contribution in [1.82, 2.24) is 41.1 Å². The largest absolute Gasteiger partial charge is 0.471 e. The normalized spacial score (nSPS) is 14.5. The van der Waals surface area contributed by atoms with Crippen molar-refractivity contribution in [2.75, 3.05) is 40.9 Å². The summed E-state index contributed by atoms with van der Waals surface area (Å²) in [5.41, 5.74) is 5.50. The van der Waals surface area contributed by atoms with Crippen LogP contribution in [0.1, 0.15) is 62.5 Å². The van der Waals surface area contributed by atoms with E-state index in [1.807, 2.05) is 80.7 Å². The van der Waals surface area contributed by atoms with Gasteiger partial charge in [0.05, 0.1) is 43.0 Å². The number of nitrogens with one attached hydrogen (secondary N) is 5. The molecule has 3 heterocycles. The van der Waals surface area contributed by atoms with Crippen LogP contribution in [-0.4, -0.2) is 104 Å². The Balaban J connectivity index is 0.00000185. The van der Waals surface area contributed by atoms with Crippen molar-refractivity contribution < 1.29 is 33.0 Å². The van der Waals surface area contributed by atoms with E-state index in [1.54, 1.807) is 24.1 Å². The summed E-state index contributed by atoms with van der Waals surface area (Å²) >= 11 is 0. The van der Waals surface area contributed by atoms with Gasteiger partial charge >= 0.3 is 6.09 Å². The molecule has 0 saturated carbocycles. The average Bonchev–Trinajstić information content (AvgIpc) is 4.00. The van der Waals surface area contributed by atoms with Gasteiger partial charge in [0.25, 0.3) is 6.47 Å². The molecule has 16 heteroatoms. The lowest BCUT2D eigenvalue weighted by atomic mass is 10.0. The number of likely N-dealkylation sites (N-methyl/N-ethyl adjacent to an activating group) is 1. The number of alkyl carbamates (subject to hydrolysis) is 1. The number of unbranched alkanes of at least 4 members (excludes halogenated alkanes) is 1. The number of amides is 3. The van der Waals surface area contributed by atoms with E-state index < -0.39 is 18.0 Å². The van der Waals surface area contributed by atoms with Gasteiger partial charge in [-0.3, -0.25) is 19.4 Å². The summed E-state index contributed by atoms with van der Waals surface area (Å²) < 4.78 is 24.4. The van der Waals surface area contributed by atoms with E-state index in [-0.39, 0.29) is 29.8 Å². The minimum Gasteiger partial charge on any atom is -0.471 e. The van der Waals surface area contributed by atoms with Crippen LogP contribution in [0, 0.1) is 11.7 Å². The maximum Gasteiger partial charge on any atom is 0.407 e. The number of carbonyl (C=O) groups is 4. The summed E-state index contributed by atoms with van der Waals surface area (Å²) in [5.74, 6) is 0.0869. The van der Waals surface area contributed by atoms with Gasteiger partial charge in [-0.05, 0) is 81.3 Å². The number of ether oxygens (including phenoxy) is 2. The highest BCUT2D eigenvalue weighted by Gasteiger charge is 2.35. The zero-order chi connectivity index (χ0) is 46.0. The predicted octanol–water partition coefficient (Wildman–Crippen LogP) is 6.58. The van der Waals surface area contributed by atoms with Crippen molar-refractivity contribution in [2.45, 2.75) is 64.1 Å². The Bertz CT molecular complexity index is 2390. The molecule has 2 aromatic heterocycles. The predicted molar refractivity (Wildman–Crippen MR) is 246 cm³/mol.